The van der Waals surface area contributed by atoms with E-state index in [0.29, 0.717) is 13.0 Å². The highest BCUT2D eigenvalue weighted by atomic mass is 32.2. The molecular weight excluding hydrogens is 560 g/mol. The number of hydrogen-bond acceptors (Lipinski definition) is 4. The first-order valence-electron chi connectivity index (χ1n) is 13.9. The Hall–Kier alpha value is -3.79. The molecule has 226 valence electrons. The second-order valence-electron chi connectivity index (χ2n) is 10.9. The van der Waals surface area contributed by atoms with Crippen molar-refractivity contribution in [2.45, 2.75) is 52.6 Å². The monoisotopic (exact) mass is 599 g/mol. The third kappa shape index (κ3) is 9.65. The number of sulfonamides is 1. The Labute approximate surface area is 247 Å². The van der Waals surface area contributed by atoms with Crippen molar-refractivity contribution in [3.05, 3.63) is 101 Å². The van der Waals surface area contributed by atoms with Crippen LogP contribution in [0.4, 0.5) is 14.5 Å². The van der Waals surface area contributed by atoms with E-state index < -0.39 is 27.7 Å². The molecule has 0 heterocycles. The number of aryl methyl sites for hydroxylation is 1. The molecule has 1 atom stereocenters. The lowest BCUT2D eigenvalue weighted by Gasteiger charge is -2.32. The number of nitrogens with zero attached hydrogens (tertiary/aromatic N) is 2. The van der Waals surface area contributed by atoms with Crippen molar-refractivity contribution in [1.29, 1.82) is 0 Å². The van der Waals surface area contributed by atoms with Gasteiger partial charge in [0, 0.05) is 38.5 Å². The van der Waals surface area contributed by atoms with Crippen molar-refractivity contribution >= 4 is 27.5 Å². The lowest BCUT2D eigenvalue weighted by atomic mass is 10.0. The van der Waals surface area contributed by atoms with Crippen LogP contribution in [-0.4, -0.2) is 50.5 Å². The molecule has 0 aliphatic heterocycles. The molecule has 0 aliphatic carbocycles. The van der Waals surface area contributed by atoms with Crippen molar-refractivity contribution in [1.82, 2.24) is 10.2 Å². The summed E-state index contributed by atoms with van der Waals surface area (Å²) >= 11 is 0. The molecule has 0 spiro atoms. The summed E-state index contributed by atoms with van der Waals surface area (Å²) in [5.41, 5.74) is 2.77. The summed E-state index contributed by atoms with van der Waals surface area (Å²) in [6.45, 7) is 6.45. The predicted molar refractivity (Wildman–Crippen MR) is 161 cm³/mol. The first-order chi connectivity index (χ1) is 19.8. The molecule has 3 rings (SSSR count). The Balaban J connectivity index is 1.88. The van der Waals surface area contributed by atoms with E-state index in [9.17, 15) is 26.8 Å². The normalized spacial score (nSPS) is 12.2. The lowest BCUT2D eigenvalue weighted by Crippen LogP contribution is -2.51. The Morgan fingerprint density at radius 3 is 2.17 bits per heavy atom. The Morgan fingerprint density at radius 2 is 1.57 bits per heavy atom. The van der Waals surface area contributed by atoms with Crippen LogP contribution in [0.3, 0.4) is 0 Å². The minimum Gasteiger partial charge on any atom is -0.354 e. The third-order valence-corrected chi connectivity index (χ3v) is 7.97. The van der Waals surface area contributed by atoms with Gasteiger partial charge in [0.1, 0.15) is 6.04 Å². The minimum atomic E-state index is -3.85. The van der Waals surface area contributed by atoms with Crippen LogP contribution in [0, 0.1) is 24.5 Å². The van der Waals surface area contributed by atoms with Gasteiger partial charge in [-0.05, 0) is 42.5 Å². The molecule has 42 heavy (non-hydrogen) atoms. The van der Waals surface area contributed by atoms with Gasteiger partial charge >= 0.3 is 0 Å². The molecule has 0 aromatic heterocycles. The quantitative estimate of drug-likeness (QED) is 0.275. The highest BCUT2D eigenvalue weighted by Gasteiger charge is 2.30. The number of rotatable bonds is 14. The van der Waals surface area contributed by atoms with E-state index in [1.54, 1.807) is 4.90 Å². The second-order valence-corrected chi connectivity index (χ2v) is 12.8. The topological polar surface area (TPSA) is 86.8 Å². The third-order valence-electron chi connectivity index (χ3n) is 6.77. The molecule has 2 amide bonds. The summed E-state index contributed by atoms with van der Waals surface area (Å²) in [6, 6.07) is 19.2. The zero-order valence-electron chi connectivity index (χ0n) is 24.5. The molecule has 7 nitrogen and oxygen atoms in total. The minimum absolute atomic E-state index is 0.0321. The van der Waals surface area contributed by atoms with E-state index >= 15 is 0 Å². The van der Waals surface area contributed by atoms with Crippen LogP contribution in [0.15, 0.2) is 72.8 Å². The Morgan fingerprint density at radius 1 is 0.905 bits per heavy atom. The van der Waals surface area contributed by atoms with E-state index in [2.05, 4.69) is 5.32 Å². The zero-order chi connectivity index (χ0) is 30.9. The van der Waals surface area contributed by atoms with Gasteiger partial charge in [-0.1, -0.05) is 74.0 Å². The van der Waals surface area contributed by atoms with E-state index in [0.717, 1.165) is 39.4 Å². The standard InChI is InChI=1S/C32H39F2N3O4S/c1-23(2)21-35-32(39)30(19-25-9-6-5-7-10-25)36(22-26-14-12-24(3)13-15-26)31(38)11-8-18-37(42(4,40)41)27-16-17-28(33)29(34)20-27/h5-7,9-10,12-17,20,23,30H,8,11,18-19,21-22H2,1-4H3,(H,35,39)/t30-/m1/s1. The molecule has 0 unspecified atom stereocenters. The molecule has 3 aromatic carbocycles. The van der Waals surface area contributed by atoms with Crippen LogP contribution >= 0.6 is 0 Å². The van der Waals surface area contributed by atoms with Gasteiger partial charge in [-0.15, -0.1) is 0 Å². The molecule has 0 saturated heterocycles. The van der Waals surface area contributed by atoms with Gasteiger partial charge in [-0.25, -0.2) is 17.2 Å². The largest absolute Gasteiger partial charge is 0.354 e. The van der Waals surface area contributed by atoms with Crippen molar-refractivity contribution in [3.63, 3.8) is 0 Å². The summed E-state index contributed by atoms with van der Waals surface area (Å²) in [5, 5.41) is 2.97. The smallest absolute Gasteiger partial charge is 0.243 e. The van der Waals surface area contributed by atoms with Gasteiger partial charge in [0.15, 0.2) is 11.6 Å². The molecular formula is C32H39F2N3O4S. The van der Waals surface area contributed by atoms with Crippen LogP contribution in [0.5, 0.6) is 0 Å². The van der Waals surface area contributed by atoms with Gasteiger partial charge < -0.3 is 10.2 Å². The zero-order valence-corrected chi connectivity index (χ0v) is 25.3. The Kier molecular flexibility index (Phi) is 11.6. The van der Waals surface area contributed by atoms with E-state index in [-0.39, 0.29) is 49.4 Å². The summed E-state index contributed by atoms with van der Waals surface area (Å²) in [4.78, 5) is 28.9. The number of halogens is 2. The molecule has 0 aliphatic rings. The maximum atomic E-state index is 13.9. The van der Waals surface area contributed by atoms with Crippen molar-refractivity contribution < 1.29 is 26.8 Å². The number of anilines is 1. The van der Waals surface area contributed by atoms with E-state index in [1.165, 1.54) is 6.07 Å². The molecule has 1 N–H and O–H groups in total. The van der Waals surface area contributed by atoms with Crippen molar-refractivity contribution in [2.24, 2.45) is 5.92 Å². The first kappa shape index (κ1) is 32.7. The fourth-order valence-corrected chi connectivity index (χ4v) is 5.47. The van der Waals surface area contributed by atoms with Gasteiger partial charge in [0.05, 0.1) is 11.9 Å². The summed E-state index contributed by atoms with van der Waals surface area (Å²) in [5.74, 6) is -2.64. The van der Waals surface area contributed by atoms with Crippen molar-refractivity contribution in [3.8, 4) is 0 Å². The van der Waals surface area contributed by atoms with Gasteiger partial charge in [0.2, 0.25) is 21.8 Å². The maximum absolute atomic E-state index is 13.9. The fourth-order valence-electron chi connectivity index (χ4n) is 4.51. The molecule has 0 saturated carbocycles. The van der Waals surface area contributed by atoms with Gasteiger partial charge in [-0.2, -0.15) is 0 Å². The molecule has 0 fully saturated rings. The number of amides is 2. The summed E-state index contributed by atoms with van der Waals surface area (Å²) in [7, 11) is -3.85. The number of benzene rings is 3. The number of carbonyl (C=O) groups is 2. The van der Waals surface area contributed by atoms with E-state index in [4.69, 9.17) is 0 Å². The maximum Gasteiger partial charge on any atom is 0.243 e. The van der Waals surface area contributed by atoms with Crippen LogP contribution in [-0.2, 0) is 32.6 Å². The van der Waals surface area contributed by atoms with Gasteiger partial charge in [0.25, 0.3) is 0 Å². The average molecular weight is 600 g/mol. The summed E-state index contributed by atoms with van der Waals surface area (Å²) < 4.78 is 53.3. The average Bonchev–Trinajstić information content (AvgIpc) is 2.94. The molecule has 0 bridgehead atoms. The predicted octanol–water partition coefficient (Wildman–Crippen LogP) is 5.23. The highest BCUT2D eigenvalue weighted by Crippen LogP contribution is 2.22. The second kappa shape index (κ2) is 14.9. The van der Waals surface area contributed by atoms with Gasteiger partial charge in [-0.3, -0.25) is 13.9 Å². The Bertz CT molecular complexity index is 1450. The fraction of sp³-hybridized carbons (Fsp3) is 0.375. The SMILES string of the molecule is Cc1ccc(CN(C(=O)CCCN(c2ccc(F)c(F)c2)S(C)(=O)=O)[C@H](Cc2ccccc2)C(=O)NCC(C)C)cc1. The number of carbonyl (C=O) groups excluding carboxylic acids is 2. The van der Waals surface area contributed by atoms with Crippen LogP contribution in [0.2, 0.25) is 0 Å². The summed E-state index contributed by atoms with van der Waals surface area (Å²) in [6.07, 6.45) is 1.30. The molecule has 3 aromatic rings. The van der Waals surface area contributed by atoms with Crippen LogP contribution < -0.4 is 9.62 Å². The van der Waals surface area contributed by atoms with Crippen LogP contribution in [0.1, 0.15) is 43.4 Å². The lowest BCUT2D eigenvalue weighted by molar-refractivity contribution is -0.141. The number of nitrogens with one attached hydrogen (secondary N) is 1. The molecule has 10 heteroatoms. The van der Waals surface area contributed by atoms with Crippen LogP contribution in [0.25, 0.3) is 0 Å². The van der Waals surface area contributed by atoms with E-state index in [1.807, 2.05) is 75.4 Å². The highest BCUT2D eigenvalue weighted by molar-refractivity contribution is 7.92. The van der Waals surface area contributed by atoms with Crippen molar-refractivity contribution in [2.75, 3.05) is 23.7 Å². The first-order valence-corrected chi connectivity index (χ1v) is 15.8. The number of hydrogen-bond donors (Lipinski definition) is 1. The molecule has 0 radical (unpaired) electrons.